The van der Waals surface area contributed by atoms with Crippen molar-refractivity contribution >= 4 is 34.9 Å². The van der Waals surface area contributed by atoms with Crippen molar-refractivity contribution in [3.05, 3.63) is 64.2 Å². The minimum atomic E-state index is -0.633. The SMILES string of the molecule is Cc1cc(C)cc(N2C(=O)[C@@H]3[C@H](C2=O)[C@H](C(=O)c2ccc(Cl)cc2)N2CCC[C@H]32)c1. The van der Waals surface area contributed by atoms with Gasteiger partial charge in [0.2, 0.25) is 11.8 Å². The molecule has 2 amide bonds. The number of halogens is 1. The molecule has 6 heteroatoms. The van der Waals surface area contributed by atoms with Crippen LogP contribution in [-0.4, -0.2) is 41.1 Å². The maximum Gasteiger partial charge on any atom is 0.239 e. The van der Waals surface area contributed by atoms with Crippen molar-refractivity contribution in [2.24, 2.45) is 11.8 Å². The van der Waals surface area contributed by atoms with E-state index in [9.17, 15) is 14.4 Å². The third kappa shape index (κ3) is 2.83. The molecule has 154 valence electrons. The molecular formula is C24H23ClN2O3. The van der Waals surface area contributed by atoms with Gasteiger partial charge in [-0.25, -0.2) is 4.90 Å². The summed E-state index contributed by atoms with van der Waals surface area (Å²) in [5.74, 6) is -1.61. The van der Waals surface area contributed by atoms with Crippen LogP contribution < -0.4 is 4.90 Å². The molecule has 3 aliphatic heterocycles. The van der Waals surface area contributed by atoms with Crippen LogP contribution in [0.25, 0.3) is 0 Å². The minimum absolute atomic E-state index is 0.0522. The normalized spacial score (nSPS) is 28.2. The Bertz CT molecular complexity index is 1040. The van der Waals surface area contributed by atoms with Gasteiger partial charge in [0.25, 0.3) is 0 Å². The number of ketones is 1. The Morgan fingerprint density at radius 1 is 0.967 bits per heavy atom. The number of rotatable bonds is 3. The van der Waals surface area contributed by atoms with Gasteiger partial charge in [-0.3, -0.25) is 19.3 Å². The number of benzene rings is 2. The van der Waals surface area contributed by atoms with Crippen molar-refractivity contribution in [3.8, 4) is 0 Å². The average molecular weight is 423 g/mol. The summed E-state index contributed by atoms with van der Waals surface area (Å²) in [6.07, 6.45) is 1.77. The highest BCUT2D eigenvalue weighted by atomic mass is 35.5. The van der Waals surface area contributed by atoms with Crippen LogP contribution in [-0.2, 0) is 9.59 Å². The number of nitrogens with zero attached hydrogens (tertiary/aromatic N) is 2. The highest BCUT2D eigenvalue weighted by molar-refractivity contribution is 6.30. The van der Waals surface area contributed by atoms with E-state index in [2.05, 4.69) is 4.90 Å². The predicted octanol–water partition coefficient (Wildman–Crippen LogP) is 3.79. The number of fused-ring (bicyclic) bond motifs is 3. The van der Waals surface area contributed by atoms with Crippen LogP contribution in [0.4, 0.5) is 5.69 Å². The fraction of sp³-hybridized carbons (Fsp3) is 0.375. The summed E-state index contributed by atoms with van der Waals surface area (Å²) in [6.45, 7) is 4.65. The number of hydrogen-bond donors (Lipinski definition) is 0. The third-order valence-electron chi connectivity index (χ3n) is 6.71. The highest BCUT2D eigenvalue weighted by Crippen LogP contribution is 2.48. The zero-order chi connectivity index (χ0) is 21.2. The molecule has 0 spiro atoms. The molecule has 3 fully saturated rings. The number of hydrogen-bond acceptors (Lipinski definition) is 4. The molecule has 2 aromatic rings. The van der Waals surface area contributed by atoms with Crippen molar-refractivity contribution < 1.29 is 14.4 Å². The van der Waals surface area contributed by atoms with Gasteiger partial charge in [0, 0.05) is 16.6 Å². The molecule has 0 bridgehead atoms. The van der Waals surface area contributed by atoms with Crippen LogP contribution in [0.2, 0.25) is 5.02 Å². The zero-order valence-corrected chi connectivity index (χ0v) is 17.7. The molecule has 2 aromatic carbocycles. The smallest absolute Gasteiger partial charge is 0.239 e. The molecule has 3 aliphatic rings. The Kier molecular flexibility index (Phi) is 4.56. The Balaban J connectivity index is 1.56. The van der Waals surface area contributed by atoms with Gasteiger partial charge in [-0.05, 0) is 80.8 Å². The topological polar surface area (TPSA) is 57.7 Å². The first kappa shape index (κ1) is 19.5. The van der Waals surface area contributed by atoms with Gasteiger partial charge in [0.15, 0.2) is 5.78 Å². The van der Waals surface area contributed by atoms with E-state index in [0.717, 1.165) is 30.5 Å². The molecule has 3 heterocycles. The van der Waals surface area contributed by atoms with Crippen LogP contribution in [0.3, 0.4) is 0 Å². The average Bonchev–Trinajstić information content (AvgIpc) is 3.33. The fourth-order valence-electron chi connectivity index (χ4n) is 5.63. The van der Waals surface area contributed by atoms with Crippen molar-refractivity contribution in [2.75, 3.05) is 11.4 Å². The summed E-state index contributed by atoms with van der Waals surface area (Å²) in [4.78, 5) is 43.9. The van der Waals surface area contributed by atoms with E-state index >= 15 is 0 Å². The van der Waals surface area contributed by atoms with E-state index in [1.165, 1.54) is 4.90 Å². The molecule has 30 heavy (non-hydrogen) atoms. The first-order valence-corrected chi connectivity index (χ1v) is 10.8. The number of aryl methyl sites for hydroxylation is 2. The number of carbonyl (C=O) groups is 3. The number of amides is 2. The van der Waals surface area contributed by atoms with Crippen molar-refractivity contribution in [3.63, 3.8) is 0 Å². The number of Topliss-reactive ketones (excluding diaryl/α,β-unsaturated/α-hetero) is 1. The van der Waals surface area contributed by atoms with E-state index in [-0.39, 0.29) is 23.6 Å². The van der Waals surface area contributed by atoms with E-state index < -0.39 is 17.9 Å². The fourth-order valence-corrected chi connectivity index (χ4v) is 5.76. The molecule has 4 atom stereocenters. The van der Waals surface area contributed by atoms with Crippen molar-refractivity contribution in [2.45, 2.75) is 38.8 Å². The Hall–Kier alpha value is -2.50. The van der Waals surface area contributed by atoms with E-state index in [1.807, 2.05) is 32.0 Å². The molecule has 0 aliphatic carbocycles. The minimum Gasteiger partial charge on any atom is -0.292 e. The van der Waals surface area contributed by atoms with Crippen molar-refractivity contribution in [1.29, 1.82) is 0 Å². The Morgan fingerprint density at radius 3 is 2.27 bits per heavy atom. The lowest BCUT2D eigenvalue weighted by Crippen LogP contribution is -2.46. The number of imide groups is 1. The maximum absolute atomic E-state index is 13.6. The summed E-state index contributed by atoms with van der Waals surface area (Å²) in [5.41, 5.74) is 3.14. The second-order valence-corrected chi connectivity index (χ2v) is 9.11. The molecule has 0 saturated carbocycles. The summed E-state index contributed by atoms with van der Waals surface area (Å²) >= 11 is 5.98. The third-order valence-corrected chi connectivity index (χ3v) is 6.97. The molecule has 5 nitrogen and oxygen atoms in total. The van der Waals surface area contributed by atoms with Crippen LogP contribution in [0.5, 0.6) is 0 Å². The molecule has 3 saturated heterocycles. The van der Waals surface area contributed by atoms with Gasteiger partial charge in [0.1, 0.15) is 0 Å². The maximum atomic E-state index is 13.6. The molecule has 5 rings (SSSR count). The summed E-state index contributed by atoms with van der Waals surface area (Å²) in [7, 11) is 0. The largest absolute Gasteiger partial charge is 0.292 e. The zero-order valence-electron chi connectivity index (χ0n) is 17.0. The van der Waals surface area contributed by atoms with Gasteiger partial charge < -0.3 is 0 Å². The molecule has 0 unspecified atom stereocenters. The summed E-state index contributed by atoms with van der Waals surface area (Å²) in [5, 5.41) is 0.558. The number of anilines is 1. The van der Waals surface area contributed by atoms with Gasteiger partial charge in [0.05, 0.1) is 23.6 Å². The van der Waals surface area contributed by atoms with Gasteiger partial charge in [-0.2, -0.15) is 0 Å². The van der Waals surface area contributed by atoms with E-state index in [1.54, 1.807) is 24.3 Å². The quantitative estimate of drug-likeness (QED) is 0.557. The monoisotopic (exact) mass is 422 g/mol. The van der Waals surface area contributed by atoms with Crippen LogP contribution in [0, 0.1) is 25.7 Å². The van der Waals surface area contributed by atoms with Crippen molar-refractivity contribution in [1.82, 2.24) is 4.90 Å². The Labute approximate surface area is 180 Å². The van der Waals surface area contributed by atoms with Crippen LogP contribution in [0.15, 0.2) is 42.5 Å². The summed E-state index contributed by atoms with van der Waals surface area (Å²) in [6, 6.07) is 11.9. The highest BCUT2D eigenvalue weighted by Gasteiger charge is 2.64. The lowest BCUT2D eigenvalue weighted by molar-refractivity contribution is -0.123. The van der Waals surface area contributed by atoms with E-state index in [0.29, 0.717) is 16.3 Å². The standard InChI is InChI=1S/C24H23ClN2O3/c1-13-10-14(2)12-17(11-13)27-23(29)19-18-4-3-9-26(18)21(20(19)24(27)30)22(28)15-5-7-16(25)8-6-15/h5-8,10-12,18-21H,3-4,9H2,1-2H3/t18-,19+,20+,21-/m1/s1. The number of carbonyl (C=O) groups excluding carboxylic acids is 3. The summed E-state index contributed by atoms with van der Waals surface area (Å²) < 4.78 is 0. The van der Waals surface area contributed by atoms with Gasteiger partial charge in [-0.15, -0.1) is 0 Å². The van der Waals surface area contributed by atoms with Gasteiger partial charge >= 0.3 is 0 Å². The molecular weight excluding hydrogens is 400 g/mol. The lowest BCUT2D eigenvalue weighted by atomic mass is 9.85. The van der Waals surface area contributed by atoms with Crippen LogP contribution in [0.1, 0.15) is 34.3 Å². The molecule has 0 N–H and O–H groups in total. The van der Waals surface area contributed by atoms with Crippen LogP contribution >= 0.6 is 11.6 Å². The molecule has 0 aromatic heterocycles. The van der Waals surface area contributed by atoms with Gasteiger partial charge in [-0.1, -0.05) is 17.7 Å². The first-order chi connectivity index (χ1) is 14.4. The van der Waals surface area contributed by atoms with E-state index in [4.69, 9.17) is 11.6 Å². The first-order valence-electron chi connectivity index (χ1n) is 10.4. The Morgan fingerprint density at radius 2 is 1.60 bits per heavy atom. The second kappa shape index (κ2) is 7.03. The lowest BCUT2D eigenvalue weighted by Gasteiger charge is -2.27. The molecule has 0 radical (unpaired) electrons. The predicted molar refractivity (Wildman–Crippen MR) is 115 cm³/mol. The second-order valence-electron chi connectivity index (χ2n) is 8.67.